The summed E-state index contributed by atoms with van der Waals surface area (Å²) >= 11 is 0. The SMILES string of the molecule is C=C(O)C(NN)C(N)c1ccc(-c2ccc(Cc3ccccc3)cc2)cc1. The summed E-state index contributed by atoms with van der Waals surface area (Å²) < 4.78 is 0. The third-order valence-electron chi connectivity index (χ3n) is 4.73. The van der Waals surface area contributed by atoms with Gasteiger partial charge in [-0.3, -0.25) is 5.84 Å². The van der Waals surface area contributed by atoms with E-state index in [-0.39, 0.29) is 5.76 Å². The number of nitrogens with two attached hydrogens (primary N) is 2. The first kappa shape index (κ1) is 18.9. The van der Waals surface area contributed by atoms with Gasteiger partial charge in [-0.15, -0.1) is 0 Å². The van der Waals surface area contributed by atoms with Gasteiger partial charge < -0.3 is 10.8 Å². The first-order chi connectivity index (χ1) is 13.1. The smallest absolute Gasteiger partial charge is 0.105 e. The quantitative estimate of drug-likeness (QED) is 0.293. The molecule has 0 aliphatic rings. The van der Waals surface area contributed by atoms with Crippen LogP contribution in [0, 0.1) is 0 Å². The minimum atomic E-state index is -0.590. The maximum Gasteiger partial charge on any atom is 0.105 e. The molecular weight excluding hydrogens is 334 g/mol. The fourth-order valence-corrected chi connectivity index (χ4v) is 3.14. The van der Waals surface area contributed by atoms with E-state index in [1.54, 1.807) is 0 Å². The van der Waals surface area contributed by atoms with E-state index in [1.165, 1.54) is 11.1 Å². The molecule has 4 nitrogen and oxygen atoms in total. The van der Waals surface area contributed by atoms with Crippen molar-refractivity contribution in [1.82, 2.24) is 5.43 Å². The fourth-order valence-electron chi connectivity index (χ4n) is 3.14. The van der Waals surface area contributed by atoms with Crippen molar-refractivity contribution < 1.29 is 5.11 Å². The summed E-state index contributed by atoms with van der Waals surface area (Å²) in [6.07, 6.45) is 0.924. The Bertz CT molecular complexity index is 874. The second kappa shape index (κ2) is 8.64. The van der Waals surface area contributed by atoms with E-state index in [2.05, 4.69) is 60.5 Å². The molecule has 0 aromatic heterocycles. The molecule has 0 spiro atoms. The number of aliphatic hydroxyl groups is 1. The second-order valence-corrected chi connectivity index (χ2v) is 6.64. The molecule has 0 aliphatic carbocycles. The molecular formula is C23H25N3O. The summed E-state index contributed by atoms with van der Waals surface area (Å²) in [5.74, 6) is 5.37. The lowest BCUT2D eigenvalue weighted by Gasteiger charge is -2.22. The van der Waals surface area contributed by atoms with Crippen molar-refractivity contribution in [3.05, 3.63) is 108 Å². The van der Waals surface area contributed by atoms with Crippen LogP contribution in [0.3, 0.4) is 0 Å². The van der Waals surface area contributed by atoms with Crippen LogP contribution >= 0.6 is 0 Å². The molecule has 0 heterocycles. The molecule has 138 valence electrons. The van der Waals surface area contributed by atoms with Crippen molar-refractivity contribution in [3.63, 3.8) is 0 Å². The average Bonchev–Trinajstić information content (AvgIpc) is 2.70. The molecule has 4 heteroatoms. The zero-order chi connectivity index (χ0) is 19.2. The van der Waals surface area contributed by atoms with Gasteiger partial charge in [-0.1, -0.05) is 85.4 Å². The largest absolute Gasteiger partial charge is 0.511 e. The Kier molecular flexibility index (Phi) is 6.04. The molecule has 3 aromatic carbocycles. The summed E-state index contributed by atoms with van der Waals surface area (Å²) in [4.78, 5) is 0. The van der Waals surface area contributed by atoms with Crippen molar-refractivity contribution >= 4 is 0 Å². The van der Waals surface area contributed by atoms with Gasteiger partial charge in [-0.05, 0) is 34.2 Å². The molecule has 0 fully saturated rings. The van der Waals surface area contributed by atoms with Crippen LogP contribution < -0.4 is 17.0 Å². The minimum absolute atomic E-state index is 0.0805. The van der Waals surface area contributed by atoms with E-state index < -0.39 is 12.1 Å². The Morgan fingerprint density at radius 3 is 1.89 bits per heavy atom. The van der Waals surface area contributed by atoms with E-state index in [0.717, 1.165) is 23.1 Å². The monoisotopic (exact) mass is 359 g/mol. The van der Waals surface area contributed by atoms with Gasteiger partial charge in [0, 0.05) is 0 Å². The van der Waals surface area contributed by atoms with E-state index in [9.17, 15) is 5.11 Å². The van der Waals surface area contributed by atoms with Crippen LogP contribution in [0.25, 0.3) is 11.1 Å². The number of hydrogen-bond acceptors (Lipinski definition) is 4. The second-order valence-electron chi connectivity index (χ2n) is 6.64. The third-order valence-corrected chi connectivity index (χ3v) is 4.73. The van der Waals surface area contributed by atoms with Gasteiger partial charge in [0.25, 0.3) is 0 Å². The molecule has 3 aromatic rings. The summed E-state index contributed by atoms with van der Waals surface area (Å²) in [5, 5.41) is 9.59. The number of hydrogen-bond donors (Lipinski definition) is 4. The molecule has 0 aliphatic heterocycles. The van der Waals surface area contributed by atoms with Crippen LogP contribution in [0.1, 0.15) is 22.7 Å². The highest BCUT2D eigenvalue weighted by Crippen LogP contribution is 2.24. The lowest BCUT2D eigenvalue weighted by Crippen LogP contribution is -2.44. The average molecular weight is 359 g/mol. The van der Waals surface area contributed by atoms with E-state index >= 15 is 0 Å². The Labute approximate surface area is 160 Å². The number of rotatable bonds is 7. The number of hydrazine groups is 1. The summed E-state index contributed by atoms with van der Waals surface area (Å²) in [6.45, 7) is 3.51. The fraction of sp³-hybridized carbons (Fsp3) is 0.130. The molecule has 0 amide bonds. The predicted octanol–water partition coefficient (Wildman–Crippen LogP) is 3.85. The highest BCUT2D eigenvalue weighted by molar-refractivity contribution is 5.64. The summed E-state index contributed by atoms with van der Waals surface area (Å²) in [6, 6.07) is 25.9. The molecule has 6 N–H and O–H groups in total. The number of benzene rings is 3. The first-order valence-electron chi connectivity index (χ1n) is 8.91. The molecule has 2 unspecified atom stereocenters. The first-order valence-corrected chi connectivity index (χ1v) is 8.91. The Morgan fingerprint density at radius 2 is 1.37 bits per heavy atom. The van der Waals surface area contributed by atoms with Crippen molar-refractivity contribution in [1.29, 1.82) is 0 Å². The summed E-state index contributed by atoms with van der Waals surface area (Å²) in [5.41, 5.74) is 14.4. The number of aliphatic hydroxyl groups excluding tert-OH is 1. The Balaban J connectivity index is 1.72. The van der Waals surface area contributed by atoms with Crippen LogP contribution in [-0.2, 0) is 6.42 Å². The minimum Gasteiger partial charge on any atom is -0.511 e. The lowest BCUT2D eigenvalue weighted by atomic mass is 9.96. The molecule has 0 saturated carbocycles. The van der Waals surface area contributed by atoms with Gasteiger partial charge in [0.05, 0.1) is 12.1 Å². The van der Waals surface area contributed by atoms with Crippen LogP contribution in [0.5, 0.6) is 0 Å². The van der Waals surface area contributed by atoms with Crippen LogP contribution in [0.4, 0.5) is 0 Å². The maximum atomic E-state index is 9.59. The van der Waals surface area contributed by atoms with Gasteiger partial charge in [0.1, 0.15) is 5.76 Å². The van der Waals surface area contributed by atoms with Gasteiger partial charge in [0.15, 0.2) is 0 Å². The van der Waals surface area contributed by atoms with Crippen molar-refractivity contribution in [2.24, 2.45) is 11.6 Å². The van der Waals surface area contributed by atoms with Crippen molar-refractivity contribution in [2.45, 2.75) is 18.5 Å². The van der Waals surface area contributed by atoms with Crippen molar-refractivity contribution in [2.75, 3.05) is 0 Å². The zero-order valence-electron chi connectivity index (χ0n) is 15.2. The molecule has 3 rings (SSSR count). The van der Waals surface area contributed by atoms with Crippen LogP contribution in [0.15, 0.2) is 91.2 Å². The Hall–Kier alpha value is -2.92. The van der Waals surface area contributed by atoms with Crippen LogP contribution in [-0.4, -0.2) is 11.1 Å². The maximum absolute atomic E-state index is 9.59. The number of nitrogens with one attached hydrogen (secondary N) is 1. The van der Waals surface area contributed by atoms with E-state index in [0.29, 0.717) is 0 Å². The molecule has 27 heavy (non-hydrogen) atoms. The topological polar surface area (TPSA) is 84.3 Å². The highest BCUT2D eigenvalue weighted by atomic mass is 16.3. The normalized spacial score (nSPS) is 13.1. The molecule has 0 radical (unpaired) electrons. The molecule has 2 atom stereocenters. The van der Waals surface area contributed by atoms with E-state index in [1.807, 2.05) is 30.3 Å². The Morgan fingerprint density at radius 1 is 0.852 bits per heavy atom. The lowest BCUT2D eigenvalue weighted by molar-refractivity contribution is 0.319. The standard InChI is InChI=1S/C23H25N3O/c1-16(27)23(26-25)22(24)21-13-11-20(12-14-21)19-9-7-18(8-10-19)15-17-5-3-2-4-6-17/h2-14,22-23,26-27H,1,15,24-25H2. The summed E-state index contributed by atoms with van der Waals surface area (Å²) in [7, 11) is 0. The zero-order valence-corrected chi connectivity index (χ0v) is 15.2. The predicted molar refractivity (Wildman–Crippen MR) is 111 cm³/mol. The van der Waals surface area contributed by atoms with Crippen molar-refractivity contribution in [3.8, 4) is 11.1 Å². The molecule has 0 saturated heterocycles. The van der Waals surface area contributed by atoms with Gasteiger partial charge >= 0.3 is 0 Å². The third kappa shape index (κ3) is 4.63. The van der Waals surface area contributed by atoms with E-state index in [4.69, 9.17) is 11.6 Å². The van der Waals surface area contributed by atoms with Gasteiger partial charge in [-0.25, -0.2) is 5.43 Å². The highest BCUT2D eigenvalue weighted by Gasteiger charge is 2.20. The van der Waals surface area contributed by atoms with Crippen LogP contribution in [0.2, 0.25) is 0 Å². The molecule has 0 bridgehead atoms. The van der Waals surface area contributed by atoms with Gasteiger partial charge in [-0.2, -0.15) is 0 Å². The van der Waals surface area contributed by atoms with Gasteiger partial charge in [0.2, 0.25) is 0 Å².